The second kappa shape index (κ2) is 5.27. The zero-order valence-electron chi connectivity index (χ0n) is 10.3. The fourth-order valence-corrected chi connectivity index (χ4v) is 2.08. The zero-order valence-corrected chi connectivity index (χ0v) is 10.3. The second-order valence-corrected chi connectivity index (χ2v) is 4.37. The first-order chi connectivity index (χ1) is 7.88. The van der Waals surface area contributed by atoms with E-state index in [0.717, 1.165) is 0 Å². The minimum Gasteiger partial charge on any atom is -0.480 e. The van der Waals surface area contributed by atoms with Crippen molar-refractivity contribution < 1.29 is 19.5 Å². The van der Waals surface area contributed by atoms with Crippen LogP contribution < -0.4 is 0 Å². The molecule has 1 unspecified atom stereocenters. The SMILES string of the molecule is CCN(CC(=O)O)C1CC(=O)N(C(C)C)C1=O. The van der Waals surface area contributed by atoms with Crippen molar-refractivity contribution in [3.05, 3.63) is 0 Å². The van der Waals surface area contributed by atoms with Gasteiger partial charge in [0.2, 0.25) is 11.8 Å². The van der Waals surface area contributed by atoms with Gasteiger partial charge in [0.25, 0.3) is 0 Å². The summed E-state index contributed by atoms with van der Waals surface area (Å²) in [6, 6.07) is -0.797. The van der Waals surface area contributed by atoms with E-state index >= 15 is 0 Å². The monoisotopic (exact) mass is 242 g/mol. The fraction of sp³-hybridized carbons (Fsp3) is 0.727. The average molecular weight is 242 g/mol. The van der Waals surface area contributed by atoms with Crippen LogP contribution in [0, 0.1) is 0 Å². The molecule has 1 atom stereocenters. The van der Waals surface area contributed by atoms with E-state index < -0.39 is 12.0 Å². The number of nitrogens with zero attached hydrogens (tertiary/aromatic N) is 2. The van der Waals surface area contributed by atoms with Gasteiger partial charge in [-0.3, -0.25) is 24.2 Å². The van der Waals surface area contributed by atoms with Crippen LogP contribution in [0.25, 0.3) is 0 Å². The summed E-state index contributed by atoms with van der Waals surface area (Å²) in [4.78, 5) is 37.1. The zero-order chi connectivity index (χ0) is 13.2. The van der Waals surface area contributed by atoms with Crippen LogP contribution in [0.3, 0.4) is 0 Å². The molecule has 0 aromatic carbocycles. The molecule has 1 N–H and O–H groups in total. The first kappa shape index (κ1) is 13.6. The summed E-state index contributed by atoms with van der Waals surface area (Å²) in [6.07, 6.45) is 0.0815. The Morgan fingerprint density at radius 1 is 1.53 bits per heavy atom. The van der Waals surface area contributed by atoms with Gasteiger partial charge in [0.1, 0.15) is 0 Å². The molecule has 6 nitrogen and oxygen atoms in total. The summed E-state index contributed by atoms with van der Waals surface area (Å²) in [5, 5.41) is 8.75. The largest absolute Gasteiger partial charge is 0.480 e. The molecule has 6 heteroatoms. The molecule has 0 saturated carbocycles. The maximum Gasteiger partial charge on any atom is 0.317 e. The maximum atomic E-state index is 12.0. The Kier molecular flexibility index (Phi) is 4.22. The van der Waals surface area contributed by atoms with Crippen LogP contribution in [-0.4, -0.2) is 57.9 Å². The molecule has 96 valence electrons. The van der Waals surface area contributed by atoms with Crippen LogP contribution in [0.5, 0.6) is 0 Å². The van der Waals surface area contributed by atoms with Gasteiger partial charge in [-0.05, 0) is 20.4 Å². The van der Waals surface area contributed by atoms with Crippen molar-refractivity contribution in [2.75, 3.05) is 13.1 Å². The summed E-state index contributed by atoms with van der Waals surface area (Å²) in [5.74, 6) is -1.50. The minimum atomic E-state index is -0.991. The number of imide groups is 1. The van der Waals surface area contributed by atoms with Crippen molar-refractivity contribution in [1.29, 1.82) is 0 Å². The van der Waals surface area contributed by atoms with Gasteiger partial charge in [-0.25, -0.2) is 0 Å². The number of carboxylic acid groups (broad SMARTS) is 1. The highest BCUT2D eigenvalue weighted by Gasteiger charge is 2.42. The van der Waals surface area contributed by atoms with Gasteiger partial charge in [-0.2, -0.15) is 0 Å². The molecular weight excluding hydrogens is 224 g/mol. The van der Waals surface area contributed by atoms with Crippen molar-refractivity contribution in [3.63, 3.8) is 0 Å². The van der Waals surface area contributed by atoms with E-state index in [-0.39, 0.29) is 30.8 Å². The Hall–Kier alpha value is -1.43. The molecule has 0 radical (unpaired) electrons. The third kappa shape index (κ3) is 2.82. The number of carbonyl (C=O) groups excluding carboxylic acids is 2. The Bertz CT molecular complexity index is 340. The third-order valence-corrected chi connectivity index (χ3v) is 2.86. The van der Waals surface area contributed by atoms with Crippen LogP contribution in [0.2, 0.25) is 0 Å². The van der Waals surface area contributed by atoms with E-state index in [1.807, 2.05) is 0 Å². The molecule has 0 spiro atoms. The van der Waals surface area contributed by atoms with Gasteiger partial charge in [0.15, 0.2) is 0 Å². The summed E-state index contributed by atoms with van der Waals surface area (Å²) in [7, 11) is 0. The lowest BCUT2D eigenvalue weighted by atomic mass is 10.2. The molecular formula is C11H18N2O4. The number of likely N-dealkylation sites (N-methyl/N-ethyl adjacent to an activating group) is 1. The molecule has 0 aliphatic carbocycles. The molecule has 1 rings (SSSR count). The molecule has 17 heavy (non-hydrogen) atoms. The van der Waals surface area contributed by atoms with Crippen molar-refractivity contribution in [2.45, 2.75) is 39.3 Å². The van der Waals surface area contributed by atoms with Gasteiger partial charge in [0.05, 0.1) is 19.0 Å². The quantitative estimate of drug-likeness (QED) is 0.683. The highest BCUT2D eigenvalue weighted by atomic mass is 16.4. The number of carboxylic acids is 1. The number of hydrogen-bond acceptors (Lipinski definition) is 4. The normalized spacial score (nSPS) is 20.8. The smallest absolute Gasteiger partial charge is 0.317 e. The van der Waals surface area contributed by atoms with Crippen molar-refractivity contribution in [3.8, 4) is 0 Å². The summed E-state index contributed by atoms with van der Waals surface area (Å²) >= 11 is 0. The molecule has 1 heterocycles. The van der Waals surface area contributed by atoms with Gasteiger partial charge in [-0.15, -0.1) is 0 Å². The maximum absolute atomic E-state index is 12.0. The number of amides is 2. The molecule has 2 amide bonds. The van der Waals surface area contributed by atoms with Gasteiger partial charge in [0, 0.05) is 6.04 Å². The van der Waals surface area contributed by atoms with Crippen LogP contribution in [0.15, 0.2) is 0 Å². The number of hydrogen-bond donors (Lipinski definition) is 1. The molecule has 1 fully saturated rings. The Morgan fingerprint density at radius 2 is 2.12 bits per heavy atom. The van der Waals surface area contributed by atoms with Crippen molar-refractivity contribution in [1.82, 2.24) is 9.80 Å². The first-order valence-corrected chi connectivity index (χ1v) is 5.70. The predicted molar refractivity (Wildman–Crippen MR) is 60.3 cm³/mol. The Morgan fingerprint density at radius 3 is 2.47 bits per heavy atom. The molecule has 0 aromatic heterocycles. The van der Waals surface area contributed by atoms with E-state index in [9.17, 15) is 14.4 Å². The number of rotatable bonds is 5. The Balaban J connectivity index is 2.82. The molecule has 0 bridgehead atoms. The van der Waals surface area contributed by atoms with E-state index in [1.54, 1.807) is 20.8 Å². The van der Waals surface area contributed by atoms with Gasteiger partial charge in [-0.1, -0.05) is 6.92 Å². The standard InChI is InChI=1S/C11H18N2O4/c1-4-12(6-10(15)16)8-5-9(14)13(7(2)3)11(8)17/h7-8H,4-6H2,1-3H3,(H,15,16). The van der Waals surface area contributed by atoms with E-state index in [4.69, 9.17) is 5.11 Å². The summed E-state index contributed by atoms with van der Waals surface area (Å²) < 4.78 is 0. The first-order valence-electron chi connectivity index (χ1n) is 5.70. The van der Waals surface area contributed by atoms with E-state index in [1.165, 1.54) is 9.80 Å². The van der Waals surface area contributed by atoms with Crippen molar-refractivity contribution >= 4 is 17.8 Å². The lowest BCUT2D eigenvalue weighted by molar-refractivity contribution is -0.142. The lowest BCUT2D eigenvalue weighted by Gasteiger charge is -2.25. The summed E-state index contributed by atoms with van der Waals surface area (Å²) in [6.45, 7) is 5.53. The van der Waals surface area contributed by atoms with Crippen LogP contribution in [-0.2, 0) is 14.4 Å². The van der Waals surface area contributed by atoms with Crippen LogP contribution in [0.1, 0.15) is 27.2 Å². The van der Waals surface area contributed by atoms with Gasteiger partial charge >= 0.3 is 5.97 Å². The molecule has 1 aliphatic heterocycles. The number of aliphatic carboxylic acids is 1. The Labute approximate surface area is 100 Å². The average Bonchev–Trinajstić information content (AvgIpc) is 2.50. The van der Waals surface area contributed by atoms with E-state index in [2.05, 4.69) is 0 Å². The van der Waals surface area contributed by atoms with E-state index in [0.29, 0.717) is 6.54 Å². The molecule has 1 aliphatic rings. The van der Waals surface area contributed by atoms with Crippen LogP contribution >= 0.6 is 0 Å². The van der Waals surface area contributed by atoms with Crippen molar-refractivity contribution in [2.24, 2.45) is 0 Å². The second-order valence-electron chi connectivity index (χ2n) is 4.37. The van der Waals surface area contributed by atoms with Gasteiger partial charge < -0.3 is 5.11 Å². The molecule has 0 aromatic rings. The lowest BCUT2D eigenvalue weighted by Crippen LogP contribution is -2.45. The topological polar surface area (TPSA) is 77.9 Å². The van der Waals surface area contributed by atoms with Crippen LogP contribution in [0.4, 0.5) is 0 Å². The third-order valence-electron chi connectivity index (χ3n) is 2.86. The highest BCUT2D eigenvalue weighted by molar-refractivity contribution is 6.05. The predicted octanol–water partition coefficient (Wildman–Crippen LogP) is -0.0712. The summed E-state index contributed by atoms with van der Waals surface area (Å²) in [5.41, 5.74) is 0. The number of carbonyl (C=O) groups is 3. The number of likely N-dealkylation sites (tertiary alicyclic amines) is 1. The minimum absolute atomic E-state index is 0.0815. The molecule has 1 saturated heterocycles. The highest BCUT2D eigenvalue weighted by Crippen LogP contribution is 2.20. The fourth-order valence-electron chi connectivity index (χ4n) is 2.08.